The second kappa shape index (κ2) is 9.70. The Morgan fingerprint density at radius 1 is 1.10 bits per heavy atom. The van der Waals surface area contributed by atoms with Gasteiger partial charge in [-0.1, -0.05) is 35.5 Å². The minimum absolute atomic E-state index is 0.0798. The molecule has 0 spiro atoms. The fourth-order valence-electron chi connectivity index (χ4n) is 3.04. The van der Waals surface area contributed by atoms with E-state index < -0.39 is 23.9 Å². The number of hydrogen-bond donors (Lipinski definition) is 1. The van der Waals surface area contributed by atoms with Gasteiger partial charge in [-0.2, -0.15) is 5.10 Å². The Hall–Kier alpha value is -3.95. The van der Waals surface area contributed by atoms with E-state index in [-0.39, 0.29) is 12.8 Å². The van der Waals surface area contributed by atoms with Crippen molar-refractivity contribution in [1.82, 2.24) is 14.9 Å². The maximum absolute atomic E-state index is 12.9. The number of amides is 1. The van der Waals surface area contributed by atoms with Crippen molar-refractivity contribution in [1.29, 1.82) is 0 Å². The predicted molar refractivity (Wildman–Crippen MR) is 109 cm³/mol. The molecule has 10 nitrogen and oxygen atoms in total. The number of aryl methyl sites for hydroxylation is 1. The van der Waals surface area contributed by atoms with E-state index in [4.69, 9.17) is 4.52 Å². The average Bonchev–Trinajstić information content (AvgIpc) is 3.40. The Balaban J connectivity index is 1.80. The molecule has 3 aromatic rings. The van der Waals surface area contributed by atoms with Crippen molar-refractivity contribution in [2.24, 2.45) is 0 Å². The van der Waals surface area contributed by atoms with Crippen LogP contribution in [0.25, 0.3) is 11.3 Å². The number of ether oxygens (including phenoxy) is 2. The molecule has 31 heavy (non-hydrogen) atoms. The summed E-state index contributed by atoms with van der Waals surface area (Å²) in [4.78, 5) is 36.3. The summed E-state index contributed by atoms with van der Waals surface area (Å²) in [5.74, 6) is -1.04. The molecular formula is C21H22N4O6. The van der Waals surface area contributed by atoms with Gasteiger partial charge in [0.05, 0.1) is 45.0 Å². The molecule has 0 aliphatic carbocycles. The van der Waals surface area contributed by atoms with E-state index in [9.17, 15) is 14.4 Å². The summed E-state index contributed by atoms with van der Waals surface area (Å²) in [6, 6.07) is 8.58. The SMILES string of the molecule is COC(=O)CC(CC(=O)OC)n1cc(NC(=O)c2c(-c3ccccc3)noc2C)cn1. The minimum atomic E-state index is -0.622. The largest absolute Gasteiger partial charge is 0.469 e. The first kappa shape index (κ1) is 21.8. The molecule has 0 fully saturated rings. The Bertz CT molecular complexity index is 1050. The van der Waals surface area contributed by atoms with Crippen LogP contribution in [0, 0.1) is 6.92 Å². The zero-order valence-corrected chi connectivity index (χ0v) is 17.3. The first-order chi connectivity index (χ1) is 14.9. The highest BCUT2D eigenvalue weighted by atomic mass is 16.5. The lowest BCUT2D eigenvalue weighted by Crippen LogP contribution is -2.19. The van der Waals surface area contributed by atoms with Crippen molar-refractivity contribution >= 4 is 23.5 Å². The fourth-order valence-corrected chi connectivity index (χ4v) is 3.04. The Labute approximate surface area is 178 Å². The van der Waals surface area contributed by atoms with Gasteiger partial charge in [0.1, 0.15) is 17.0 Å². The number of benzene rings is 1. The summed E-state index contributed by atoms with van der Waals surface area (Å²) >= 11 is 0. The van der Waals surface area contributed by atoms with E-state index >= 15 is 0 Å². The lowest BCUT2D eigenvalue weighted by molar-refractivity contribution is -0.144. The maximum atomic E-state index is 12.9. The second-order valence-corrected chi connectivity index (χ2v) is 6.71. The van der Waals surface area contributed by atoms with Crippen molar-refractivity contribution in [3.8, 4) is 11.3 Å². The maximum Gasteiger partial charge on any atom is 0.307 e. The van der Waals surface area contributed by atoms with Crippen molar-refractivity contribution in [3.63, 3.8) is 0 Å². The molecule has 3 rings (SSSR count). The Morgan fingerprint density at radius 2 is 1.74 bits per heavy atom. The topological polar surface area (TPSA) is 126 Å². The zero-order valence-electron chi connectivity index (χ0n) is 17.3. The highest BCUT2D eigenvalue weighted by Gasteiger charge is 2.24. The number of carbonyl (C=O) groups is 3. The van der Waals surface area contributed by atoms with Crippen molar-refractivity contribution in [2.75, 3.05) is 19.5 Å². The lowest BCUT2D eigenvalue weighted by atomic mass is 10.1. The van der Waals surface area contributed by atoms with Crippen LogP contribution in [-0.2, 0) is 19.1 Å². The van der Waals surface area contributed by atoms with Gasteiger partial charge in [-0.15, -0.1) is 0 Å². The van der Waals surface area contributed by atoms with Crippen LogP contribution in [0.2, 0.25) is 0 Å². The first-order valence-corrected chi connectivity index (χ1v) is 9.43. The van der Waals surface area contributed by atoms with Crippen molar-refractivity contribution < 1.29 is 28.4 Å². The molecule has 2 heterocycles. The fraction of sp³-hybridized carbons (Fsp3) is 0.286. The van der Waals surface area contributed by atoms with E-state index in [0.29, 0.717) is 22.7 Å². The monoisotopic (exact) mass is 426 g/mol. The van der Waals surface area contributed by atoms with Gasteiger partial charge in [0.25, 0.3) is 5.91 Å². The molecule has 162 valence electrons. The number of nitrogens with zero attached hydrogens (tertiary/aromatic N) is 3. The number of rotatable bonds is 8. The van der Waals surface area contributed by atoms with E-state index in [0.717, 1.165) is 5.56 Å². The quantitative estimate of drug-likeness (QED) is 0.545. The third-order valence-corrected chi connectivity index (χ3v) is 4.63. The molecule has 0 aliphatic rings. The molecule has 0 bridgehead atoms. The molecule has 1 amide bonds. The molecule has 2 aromatic heterocycles. The number of aromatic nitrogens is 3. The lowest BCUT2D eigenvalue weighted by Gasteiger charge is -2.15. The van der Waals surface area contributed by atoms with Gasteiger partial charge < -0.3 is 19.3 Å². The first-order valence-electron chi connectivity index (χ1n) is 9.43. The van der Waals surface area contributed by atoms with Gasteiger partial charge in [0, 0.05) is 11.8 Å². The van der Waals surface area contributed by atoms with Gasteiger partial charge >= 0.3 is 11.9 Å². The number of nitrogens with one attached hydrogen (secondary N) is 1. The summed E-state index contributed by atoms with van der Waals surface area (Å²) in [5, 5.41) is 10.9. The molecule has 0 saturated heterocycles. The minimum Gasteiger partial charge on any atom is -0.469 e. The van der Waals surface area contributed by atoms with Crippen LogP contribution >= 0.6 is 0 Å². The van der Waals surface area contributed by atoms with Crippen LogP contribution in [0.3, 0.4) is 0 Å². The molecular weight excluding hydrogens is 404 g/mol. The summed E-state index contributed by atoms with van der Waals surface area (Å²) in [5.41, 5.74) is 1.86. The molecule has 0 saturated carbocycles. The van der Waals surface area contributed by atoms with Crippen LogP contribution in [-0.4, -0.2) is 47.0 Å². The number of esters is 2. The molecule has 0 radical (unpaired) electrons. The third-order valence-electron chi connectivity index (χ3n) is 4.63. The molecule has 10 heteroatoms. The van der Waals surface area contributed by atoms with Gasteiger partial charge in [-0.3, -0.25) is 19.1 Å². The van der Waals surface area contributed by atoms with E-state index in [1.54, 1.807) is 6.92 Å². The van der Waals surface area contributed by atoms with Crippen LogP contribution < -0.4 is 5.32 Å². The predicted octanol–water partition coefficient (Wildman–Crippen LogP) is 2.77. The van der Waals surface area contributed by atoms with E-state index in [1.807, 2.05) is 30.3 Å². The molecule has 1 aromatic carbocycles. The average molecular weight is 426 g/mol. The van der Waals surface area contributed by atoms with Gasteiger partial charge in [0.2, 0.25) is 0 Å². The highest BCUT2D eigenvalue weighted by Crippen LogP contribution is 2.26. The highest BCUT2D eigenvalue weighted by molar-refractivity contribution is 6.08. The van der Waals surface area contributed by atoms with Gasteiger partial charge in [-0.25, -0.2) is 0 Å². The van der Waals surface area contributed by atoms with Crippen LogP contribution in [0.15, 0.2) is 47.2 Å². The number of hydrogen-bond acceptors (Lipinski definition) is 8. The standard InChI is InChI=1S/C21H22N4O6/c1-13-19(20(24-31-13)14-7-5-4-6-8-14)21(28)23-15-11-22-25(12-15)16(9-17(26)29-2)10-18(27)30-3/h4-8,11-12,16H,9-10H2,1-3H3,(H,23,28). The zero-order chi connectivity index (χ0) is 22.4. The molecule has 0 atom stereocenters. The van der Waals surface area contributed by atoms with Crippen molar-refractivity contribution in [2.45, 2.75) is 25.8 Å². The summed E-state index contributed by atoms with van der Waals surface area (Å²) in [7, 11) is 2.52. The second-order valence-electron chi connectivity index (χ2n) is 6.71. The van der Waals surface area contributed by atoms with Gasteiger partial charge in [0.15, 0.2) is 0 Å². The van der Waals surface area contributed by atoms with E-state index in [2.05, 4.69) is 25.0 Å². The van der Waals surface area contributed by atoms with Crippen LogP contribution in [0.5, 0.6) is 0 Å². The number of carbonyl (C=O) groups excluding carboxylic acids is 3. The Morgan fingerprint density at radius 3 is 2.35 bits per heavy atom. The summed E-state index contributed by atoms with van der Waals surface area (Å²) in [6.07, 6.45) is 2.79. The molecule has 0 aliphatic heterocycles. The normalized spacial score (nSPS) is 10.7. The number of anilines is 1. The van der Waals surface area contributed by atoms with Crippen molar-refractivity contribution in [3.05, 3.63) is 54.0 Å². The van der Waals surface area contributed by atoms with Crippen LogP contribution in [0.4, 0.5) is 5.69 Å². The summed E-state index contributed by atoms with van der Waals surface area (Å²) in [6.45, 7) is 1.65. The van der Waals surface area contributed by atoms with Gasteiger partial charge in [-0.05, 0) is 6.92 Å². The van der Waals surface area contributed by atoms with E-state index in [1.165, 1.54) is 31.3 Å². The third kappa shape index (κ3) is 5.16. The van der Waals surface area contributed by atoms with Crippen LogP contribution in [0.1, 0.15) is 35.0 Å². The molecule has 0 unspecified atom stereocenters. The summed E-state index contributed by atoms with van der Waals surface area (Å²) < 4.78 is 16.0. The Kier molecular flexibility index (Phi) is 6.81. The molecule has 1 N–H and O–H groups in total. The number of methoxy groups -OCH3 is 2. The smallest absolute Gasteiger partial charge is 0.307 e.